The van der Waals surface area contributed by atoms with Crippen molar-refractivity contribution in [3.63, 3.8) is 0 Å². The molecule has 4 aliphatic rings. The van der Waals surface area contributed by atoms with Crippen LogP contribution in [0.1, 0.15) is 49.0 Å². The van der Waals surface area contributed by atoms with Gasteiger partial charge in [0.2, 0.25) is 0 Å². The van der Waals surface area contributed by atoms with Crippen molar-refractivity contribution in [3.05, 3.63) is 41.2 Å². The molecule has 2 aromatic rings. The topological polar surface area (TPSA) is 33.2 Å². The van der Waals surface area contributed by atoms with Gasteiger partial charge in [-0.2, -0.15) is 0 Å². The molecule has 0 aliphatic heterocycles. The molecule has 4 heteroatoms. The maximum absolute atomic E-state index is 13.1. The molecule has 1 aromatic carbocycles. The molecule has 1 amide bonds. The second-order valence-electron chi connectivity index (χ2n) is 9.10. The van der Waals surface area contributed by atoms with Crippen molar-refractivity contribution in [2.45, 2.75) is 38.5 Å². The molecule has 4 fully saturated rings. The van der Waals surface area contributed by atoms with E-state index in [2.05, 4.69) is 4.98 Å². The van der Waals surface area contributed by atoms with Gasteiger partial charge >= 0.3 is 0 Å². The summed E-state index contributed by atoms with van der Waals surface area (Å²) in [5, 5.41) is 2.28. The van der Waals surface area contributed by atoms with Crippen LogP contribution in [0.15, 0.2) is 30.3 Å². The SMILES string of the molecule is CN(CC12CC3CC(CC(C3)C1)C2)C(=O)c1cc2ccccc2c(Cl)n1. The van der Waals surface area contributed by atoms with Crippen molar-refractivity contribution in [3.8, 4) is 0 Å². The van der Waals surface area contributed by atoms with Crippen LogP contribution in [0.25, 0.3) is 10.8 Å². The molecule has 136 valence electrons. The first-order valence-electron chi connectivity index (χ1n) is 9.82. The lowest BCUT2D eigenvalue weighted by Crippen LogP contribution is -2.51. The monoisotopic (exact) mass is 368 g/mol. The third kappa shape index (κ3) is 2.72. The lowest BCUT2D eigenvalue weighted by atomic mass is 9.49. The van der Waals surface area contributed by atoms with E-state index in [1.54, 1.807) is 0 Å². The number of aromatic nitrogens is 1. The highest BCUT2D eigenvalue weighted by atomic mass is 35.5. The maximum atomic E-state index is 13.1. The Morgan fingerprint density at radius 3 is 2.42 bits per heavy atom. The van der Waals surface area contributed by atoms with Crippen LogP contribution in [0.4, 0.5) is 0 Å². The van der Waals surface area contributed by atoms with Gasteiger partial charge in [-0.05, 0) is 73.1 Å². The van der Waals surface area contributed by atoms with Gasteiger partial charge in [0.15, 0.2) is 0 Å². The summed E-state index contributed by atoms with van der Waals surface area (Å²) in [5.41, 5.74) is 0.806. The van der Waals surface area contributed by atoms with Gasteiger partial charge in [-0.1, -0.05) is 35.9 Å². The Bertz CT molecular complexity index is 842. The zero-order valence-electron chi connectivity index (χ0n) is 15.2. The van der Waals surface area contributed by atoms with E-state index in [1.165, 1.54) is 38.5 Å². The van der Waals surface area contributed by atoms with Gasteiger partial charge in [0.25, 0.3) is 5.91 Å². The first-order valence-corrected chi connectivity index (χ1v) is 10.2. The fraction of sp³-hybridized carbons (Fsp3) is 0.545. The zero-order valence-corrected chi connectivity index (χ0v) is 16.0. The molecule has 4 saturated carbocycles. The highest BCUT2D eigenvalue weighted by molar-refractivity contribution is 6.34. The molecule has 6 rings (SSSR count). The van der Waals surface area contributed by atoms with E-state index < -0.39 is 0 Å². The van der Waals surface area contributed by atoms with Gasteiger partial charge in [0.1, 0.15) is 10.8 Å². The molecule has 1 aromatic heterocycles. The number of hydrogen-bond acceptors (Lipinski definition) is 2. The van der Waals surface area contributed by atoms with Crippen molar-refractivity contribution in [1.29, 1.82) is 0 Å². The number of nitrogens with zero attached hydrogens (tertiary/aromatic N) is 2. The molecular formula is C22H25ClN2O. The summed E-state index contributed by atoms with van der Waals surface area (Å²) in [6.07, 6.45) is 8.21. The van der Waals surface area contributed by atoms with Crippen LogP contribution in [0.3, 0.4) is 0 Å². The third-order valence-corrected chi connectivity index (χ3v) is 7.29. The van der Waals surface area contributed by atoms with E-state index in [4.69, 9.17) is 11.6 Å². The molecule has 4 aliphatic carbocycles. The minimum Gasteiger partial charge on any atom is -0.340 e. The lowest BCUT2D eigenvalue weighted by Gasteiger charge is -2.57. The molecule has 0 spiro atoms. The molecule has 4 bridgehead atoms. The predicted molar refractivity (Wildman–Crippen MR) is 104 cm³/mol. The quantitative estimate of drug-likeness (QED) is 0.699. The van der Waals surface area contributed by atoms with E-state index in [0.717, 1.165) is 35.1 Å². The molecular weight excluding hydrogens is 344 g/mol. The smallest absolute Gasteiger partial charge is 0.272 e. The van der Waals surface area contributed by atoms with Crippen molar-refractivity contribution in [2.75, 3.05) is 13.6 Å². The highest BCUT2D eigenvalue weighted by Crippen LogP contribution is 2.60. The van der Waals surface area contributed by atoms with Crippen molar-refractivity contribution in [2.24, 2.45) is 23.2 Å². The van der Waals surface area contributed by atoms with E-state index in [9.17, 15) is 4.79 Å². The largest absolute Gasteiger partial charge is 0.340 e. The van der Waals surface area contributed by atoms with Gasteiger partial charge in [-0.25, -0.2) is 4.98 Å². The molecule has 1 heterocycles. The average Bonchev–Trinajstić information content (AvgIpc) is 2.59. The Hall–Kier alpha value is -1.61. The number of fused-ring (bicyclic) bond motifs is 1. The Morgan fingerprint density at radius 1 is 1.15 bits per heavy atom. The van der Waals surface area contributed by atoms with Crippen LogP contribution in [-0.4, -0.2) is 29.4 Å². The number of hydrogen-bond donors (Lipinski definition) is 0. The summed E-state index contributed by atoms with van der Waals surface area (Å²) in [6.45, 7) is 0.863. The van der Waals surface area contributed by atoms with Crippen LogP contribution >= 0.6 is 11.6 Å². The van der Waals surface area contributed by atoms with Gasteiger partial charge < -0.3 is 4.90 Å². The van der Waals surface area contributed by atoms with Crippen molar-refractivity contribution < 1.29 is 4.79 Å². The minimum atomic E-state index is -0.00611. The fourth-order valence-corrected chi connectivity index (χ4v) is 6.78. The standard InChI is InChI=1S/C22H25ClN2O/c1-25(13-22-10-14-6-15(11-22)8-16(7-14)12-22)21(26)19-9-17-4-2-3-5-18(17)20(23)24-19/h2-5,9,14-16H,6-8,10-13H2,1H3. The number of pyridine rings is 1. The molecule has 0 atom stereocenters. The number of halogens is 1. The van der Waals surface area contributed by atoms with Gasteiger partial charge in [-0.15, -0.1) is 0 Å². The maximum Gasteiger partial charge on any atom is 0.272 e. The Labute approximate surface area is 159 Å². The van der Waals surface area contributed by atoms with Crippen LogP contribution in [0.5, 0.6) is 0 Å². The third-order valence-electron chi connectivity index (χ3n) is 7.00. The first kappa shape index (κ1) is 16.6. The summed E-state index contributed by atoms with van der Waals surface area (Å²) in [7, 11) is 1.94. The van der Waals surface area contributed by atoms with E-state index in [-0.39, 0.29) is 5.91 Å². The summed E-state index contributed by atoms with van der Waals surface area (Å²) in [6, 6.07) is 9.71. The fourth-order valence-electron chi connectivity index (χ4n) is 6.52. The van der Waals surface area contributed by atoms with Crippen LogP contribution in [0.2, 0.25) is 5.15 Å². The summed E-state index contributed by atoms with van der Waals surface area (Å²) >= 11 is 6.33. The number of amides is 1. The number of rotatable bonds is 3. The Balaban J connectivity index is 1.39. The van der Waals surface area contributed by atoms with Crippen molar-refractivity contribution in [1.82, 2.24) is 9.88 Å². The summed E-state index contributed by atoms with van der Waals surface area (Å²) < 4.78 is 0. The molecule has 0 radical (unpaired) electrons. The van der Waals surface area contributed by atoms with Crippen LogP contribution in [-0.2, 0) is 0 Å². The summed E-state index contributed by atoms with van der Waals surface area (Å²) in [4.78, 5) is 19.4. The van der Waals surface area contributed by atoms with Crippen molar-refractivity contribution >= 4 is 28.3 Å². The molecule has 0 unspecified atom stereocenters. The second kappa shape index (κ2) is 5.95. The Morgan fingerprint density at radius 2 is 1.77 bits per heavy atom. The highest BCUT2D eigenvalue weighted by Gasteiger charge is 2.51. The molecule has 26 heavy (non-hydrogen) atoms. The van der Waals surface area contributed by atoms with Crippen LogP contribution < -0.4 is 0 Å². The second-order valence-corrected chi connectivity index (χ2v) is 9.46. The van der Waals surface area contributed by atoms with E-state index in [0.29, 0.717) is 16.3 Å². The molecule has 3 nitrogen and oxygen atoms in total. The normalized spacial score (nSPS) is 32.2. The zero-order chi connectivity index (χ0) is 17.9. The van der Waals surface area contributed by atoms with E-state index >= 15 is 0 Å². The number of benzene rings is 1. The minimum absolute atomic E-state index is 0.00611. The predicted octanol–water partition coefficient (Wildman–Crippen LogP) is 5.18. The lowest BCUT2D eigenvalue weighted by molar-refractivity contribution is -0.0629. The summed E-state index contributed by atoms with van der Waals surface area (Å²) in [5.74, 6) is 2.70. The average molecular weight is 369 g/mol. The molecule has 0 N–H and O–H groups in total. The van der Waals surface area contributed by atoms with Gasteiger partial charge in [-0.3, -0.25) is 4.79 Å². The van der Waals surface area contributed by atoms with Gasteiger partial charge in [0, 0.05) is 19.0 Å². The first-order chi connectivity index (χ1) is 12.5. The van der Waals surface area contributed by atoms with E-state index in [1.807, 2.05) is 42.3 Å². The number of carbonyl (C=O) groups is 1. The number of carbonyl (C=O) groups excluding carboxylic acids is 1. The van der Waals surface area contributed by atoms with Crippen LogP contribution in [0, 0.1) is 23.2 Å². The Kier molecular flexibility index (Phi) is 3.79. The van der Waals surface area contributed by atoms with Gasteiger partial charge in [0.05, 0.1) is 0 Å². The molecule has 0 saturated heterocycles.